The molecule has 0 aliphatic rings. The molecule has 0 heterocycles. The maximum Gasteiger partial charge on any atom is 0.258 e. The van der Waals surface area contributed by atoms with Crippen LogP contribution in [0.25, 0.3) is 0 Å². The van der Waals surface area contributed by atoms with Gasteiger partial charge in [-0.05, 0) is 51.4 Å². The monoisotopic (exact) mass is 372 g/mol. The van der Waals surface area contributed by atoms with Gasteiger partial charge in [-0.15, -0.1) is 12.4 Å². The number of unbranched alkanes of at least 4 members (excludes halogenated alkanes) is 2. The van der Waals surface area contributed by atoms with Crippen LogP contribution in [0.1, 0.15) is 52.5 Å². The summed E-state index contributed by atoms with van der Waals surface area (Å²) >= 11 is 0. The van der Waals surface area contributed by atoms with Gasteiger partial charge in [0, 0.05) is 12.1 Å². The number of methoxy groups -OCH3 is 1. The third kappa shape index (κ3) is 10.2. The fraction of sp³-hybridized carbons (Fsp3) is 0.632. The van der Waals surface area contributed by atoms with Crippen molar-refractivity contribution in [2.24, 2.45) is 0 Å². The molecule has 0 saturated heterocycles. The third-order valence-corrected chi connectivity index (χ3v) is 3.39. The Bertz CT molecular complexity index is 516. The van der Waals surface area contributed by atoms with Gasteiger partial charge in [-0.3, -0.25) is 4.79 Å². The molecule has 0 aliphatic heterocycles. The number of ether oxygens (including phenoxy) is 2. The molecule has 1 aromatic carbocycles. The first kappa shape index (κ1) is 23.5. The molecule has 0 radical (unpaired) electrons. The molecule has 0 atom stereocenters. The van der Waals surface area contributed by atoms with Gasteiger partial charge in [0.2, 0.25) is 0 Å². The number of carbonyl (C=O) groups is 1. The molecule has 0 aliphatic carbocycles. The van der Waals surface area contributed by atoms with Crippen LogP contribution in [0.5, 0.6) is 11.5 Å². The SMILES string of the molecule is CCCCCNCc1ccc(OCC(=O)NC(C)(C)C)c(OC)c1.Cl. The maximum atomic E-state index is 11.8. The van der Waals surface area contributed by atoms with Crippen molar-refractivity contribution >= 4 is 18.3 Å². The Morgan fingerprint density at radius 2 is 1.88 bits per heavy atom. The molecule has 1 aromatic rings. The first-order valence-corrected chi connectivity index (χ1v) is 8.67. The number of nitrogens with one attached hydrogen (secondary N) is 2. The molecule has 0 unspecified atom stereocenters. The zero-order chi connectivity index (χ0) is 18.0. The number of benzene rings is 1. The second-order valence-corrected chi connectivity index (χ2v) is 6.96. The number of rotatable bonds is 10. The lowest BCUT2D eigenvalue weighted by atomic mass is 10.1. The minimum atomic E-state index is -0.266. The summed E-state index contributed by atoms with van der Waals surface area (Å²) in [6.07, 6.45) is 3.67. The van der Waals surface area contributed by atoms with E-state index in [-0.39, 0.29) is 30.5 Å². The highest BCUT2D eigenvalue weighted by Crippen LogP contribution is 2.28. The van der Waals surface area contributed by atoms with Crippen LogP contribution in [0.15, 0.2) is 18.2 Å². The molecule has 2 N–H and O–H groups in total. The second-order valence-electron chi connectivity index (χ2n) is 6.96. The molecule has 144 valence electrons. The fourth-order valence-corrected chi connectivity index (χ4v) is 2.27. The Kier molecular flexibility index (Phi) is 11.3. The van der Waals surface area contributed by atoms with Crippen molar-refractivity contribution in [2.75, 3.05) is 20.3 Å². The van der Waals surface area contributed by atoms with E-state index in [4.69, 9.17) is 9.47 Å². The molecular formula is C19H33ClN2O3. The Labute approximate surface area is 158 Å². The summed E-state index contributed by atoms with van der Waals surface area (Å²) in [7, 11) is 1.61. The molecule has 6 heteroatoms. The van der Waals surface area contributed by atoms with E-state index in [9.17, 15) is 4.79 Å². The number of halogens is 1. The molecule has 0 spiro atoms. The lowest BCUT2D eigenvalue weighted by molar-refractivity contribution is -0.124. The van der Waals surface area contributed by atoms with Gasteiger partial charge in [-0.1, -0.05) is 25.8 Å². The van der Waals surface area contributed by atoms with Crippen LogP contribution in [0.4, 0.5) is 0 Å². The molecular weight excluding hydrogens is 340 g/mol. The van der Waals surface area contributed by atoms with Crippen LogP contribution in [-0.4, -0.2) is 31.7 Å². The zero-order valence-corrected chi connectivity index (χ0v) is 16.9. The first-order valence-electron chi connectivity index (χ1n) is 8.67. The van der Waals surface area contributed by atoms with Crippen molar-refractivity contribution in [1.29, 1.82) is 0 Å². The van der Waals surface area contributed by atoms with E-state index in [2.05, 4.69) is 17.6 Å². The molecule has 0 saturated carbocycles. The van der Waals surface area contributed by atoms with Crippen LogP contribution in [-0.2, 0) is 11.3 Å². The number of amides is 1. The fourth-order valence-electron chi connectivity index (χ4n) is 2.27. The van der Waals surface area contributed by atoms with E-state index in [0.29, 0.717) is 11.5 Å². The van der Waals surface area contributed by atoms with Gasteiger partial charge in [0.15, 0.2) is 18.1 Å². The van der Waals surface area contributed by atoms with Gasteiger partial charge in [0.1, 0.15) is 0 Å². The Morgan fingerprint density at radius 3 is 2.48 bits per heavy atom. The maximum absolute atomic E-state index is 11.8. The van der Waals surface area contributed by atoms with E-state index < -0.39 is 0 Å². The zero-order valence-electron chi connectivity index (χ0n) is 16.1. The normalized spacial score (nSPS) is 10.8. The lowest BCUT2D eigenvalue weighted by Crippen LogP contribution is -2.43. The van der Waals surface area contributed by atoms with E-state index in [1.165, 1.54) is 19.3 Å². The molecule has 1 amide bonds. The van der Waals surface area contributed by atoms with Crippen molar-refractivity contribution in [3.8, 4) is 11.5 Å². The molecule has 25 heavy (non-hydrogen) atoms. The average Bonchev–Trinajstić information content (AvgIpc) is 2.51. The van der Waals surface area contributed by atoms with Gasteiger partial charge in [0.05, 0.1) is 7.11 Å². The highest BCUT2D eigenvalue weighted by molar-refractivity contribution is 5.85. The van der Waals surface area contributed by atoms with E-state index in [1.807, 2.05) is 39.0 Å². The summed E-state index contributed by atoms with van der Waals surface area (Å²) in [6.45, 7) is 9.80. The minimum Gasteiger partial charge on any atom is -0.493 e. The quantitative estimate of drug-likeness (QED) is 0.615. The van der Waals surface area contributed by atoms with E-state index in [1.54, 1.807) is 7.11 Å². The number of hydrogen-bond donors (Lipinski definition) is 2. The summed E-state index contributed by atoms with van der Waals surface area (Å²) < 4.78 is 11.0. The predicted molar refractivity (Wildman–Crippen MR) is 105 cm³/mol. The third-order valence-electron chi connectivity index (χ3n) is 3.39. The van der Waals surface area contributed by atoms with Crippen LogP contribution >= 0.6 is 12.4 Å². The van der Waals surface area contributed by atoms with Crippen molar-refractivity contribution in [3.63, 3.8) is 0 Å². The predicted octanol–water partition coefficient (Wildman–Crippen LogP) is 3.69. The highest BCUT2D eigenvalue weighted by Gasteiger charge is 2.15. The topological polar surface area (TPSA) is 59.6 Å². The van der Waals surface area contributed by atoms with Crippen LogP contribution in [0.2, 0.25) is 0 Å². The lowest BCUT2D eigenvalue weighted by Gasteiger charge is -2.20. The molecule has 5 nitrogen and oxygen atoms in total. The summed E-state index contributed by atoms with van der Waals surface area (Å²) in [5, 5.41) is 6.29. The Morgan fingerprint density at radius 1 is 1.16 bits per heavy atom. The van der Waals surface area contributed by atoms with Gasteiger partial charge < -0.3 is 20.1 Å². The van der Waals surface area contributed by atoms with Crippen molar-refractivity contribution < 1.29 is 14.3 Å². The summed E-state index contributed by atoms with van der Waals surface area (Å²) in [5.41, 5.74) is 0.868. The van der Waals surface area contributed by atoms with Gasteiger partial charge in [-0.25, -0.2) is 0 Å². The van der Waals surface area contributed by atoms with Crippen molar-refractivity contribution in [1.82, 2.24) is 10.6 Å². The first-order chi connectivity index (χ1) is 11.4. The molecule has 0 aromatic heterocycles. The smallest absolute Gasteiger partial charge is 0.258 e. The van der Waals surface area contributed by atoms with E-state index in [0.717, 1.165) is 18.7 Å². The van der Waals surface area contributed by atoms with Crippen molar-refractivity contribution in [3.05, 3.63) is 23.8 Å². The Balaban J connectivity index is 0.00000576. The Hall–Kier alpha value is -1.46. The molecule has 0 fully saturated rings. The number of carbonyl (C=O) groups excluding carboxylic acids is 1. The summed E-state index contributed by atoms with van der Waals surface area (Å²) in [4.78, 5) is 11.8. The van der Waals surface area contributed by atoms with Crippen molar-refractivity contribution in [2.45, 2.75) is 59.0 Å². The van der Waals surface area contributed by atoms with Gasteiger partial charge in [-0.2, -0.15) is 0 Å². The highest BCUT2D eigenvalue weighted by atomic mass is 35.5. The van der Waals surface area contributed by atoms with Gasteiger partial charge in [0.25, 0.3) is 5.91 Å². The van der Waals surface area contributed by atoms with Gasteiger partial charge >= 0.3 is 0 Å². The second kappa shape index (κ2) is 12.0. The van der Waals surface area contributed by atoms with Crippen LogP contribution in [0.3, 0.4) is 0 Å². The van der Waals surface area contributed by atoms with E-state index >= 15 is 0 Å². The largest absolute Gasteiger partial charge is 0.493 e. The standard InChI is InChI=1S/C19H32N2O3.ClH/c1-6-7-8-11-20-13-15-9-10-16(17(12-15)23-5)24-14-18(22)21-19(2,3)4;/h9-10,12,20H,6-8,11,13-14H2,1-5H3,(H,21,22);1H. The molecule has 1 rings (SSSR count). The molecule has 0 bridgehead atoms. The summed E-state index contributed by atoms with van der Waals surface area (Å²) in [5.74, 6) is 1.08. The van der Waals surface area contributed by atoms with Crippen LogP contribution in [0, 0.1) is 0 Å². The number of hydrogen-bond acceptors (Lipinski definition) is 4. The minimum absolute atomic E-state index is 0. The average molecular weight is 373 g/mol. The summed E-state index contributed by atoms with van der Waals surface area (Å²) in [6, 6.07) is 5.79. The van der Waals surface area contributed by atoms with Crippen LogP contribution < -0.4 is 20.1 Å².